The number of halogens is 2. The molecule has 0 saturated carbocycles. The minimum atomic E-state index is -0.116. The SMILES string of the molecule is CCCNC(c1cc(Cl)ccc1OC)c1ccoc1Cl. The summed E-state index contributed by atoms with van der Waals surface area (Å²) in [6.45, 7) is 2.96. The largest absolute Gasteiger partial charge is 0.496 e. The third-order valence-corrected chi connectivity index (χ3v) is 3.60. The van der Waals surface area contributed by atoms with Gasteiger partial charge in [0.05, 0.1) is 19.4 Å². The molecule has 0 aliphatic carbocycles. The molecule has 0 spiro atoms. The lowest BCUT2D eigenvalue weighted by atomic mass is 10.00. The molecule has 0 saturated heterocycles. The molecule has 3 nitrogen and oxygen atoms in total. The molecule has 1 N–H and O–H groups in total. The van der Waals surface area contributed by atoms with Gasteiger partial charge in [-0.1, -0.05) is 18.5 Å². The lowest BCUT2D eigenvalue weighted by Gasteiger charge is -2.21. The third-order valence-electron chi connectivity index (χ3n) is 3.06. The molecule has 0 radical (unpaired) electrons. The lowest BCUT2D eigenvalue weighted by Crippen LogP contribution is -2.23. The van der Waals surface area contributed by atoms with Gasteiger partial charge in [0.1, 0.15) is 5.75 Å². The van der Waals surface area contributed by atoms with Crippen molar-refractivity contribution in [1.82, 2.24) is 5.32 Å². The standard InChI is InChI=1S/C15H17Cl2NO2/c1-3-7-18-14(11-6-8-20-15(11)17)12-9-10(16)4-5-13(12)19-2/h4-6,8-9,14,18H,3,7H2,1-2H3. The number of benzene rings is 1. The van der Waals surface area contributed by atoms with E-state index < -0.39 is 0 Å². The first-order chi connectivity index (χ1) is 9.67. The fourth-order valence-electron chi connectivity index (χ4n) is 2.12. The quantitative estimate of drug-likeness (QED) is 0.840. The van der Waals surface area contributed by atoms with Crippen molar-refractivity contribution in [3.8, 4) is 5.75 Å². The molecule has 0 aliphatic heterocycles. The normalized spacial score (nSPS) is 12.4. The summed E-state index contributed by atoms with van der Waals surface area (Å²) in [5.41, 5.74) is 1.82. The minimum Gasteiger partial charge on any atom is -0.496 e. The van der Waals surface area contributed by atoms with Gasteiger partial charge in [-0.15, -0.1) is 0 Å². The van der Waals surface area contributed by atoms with Crippen LogP contribution in [0, 0.1) is 0 Å². The number of nitrogens with one attached hydrogen (secondary N) is 1. The monoisotopic (exact) mass is 313 g/mol. The Hall–Kier alpha value is -1.16. The highest BCUT2D eigenvalue weighted by Gasteiger charge is 2.22. The van der Waals surface area contributed by atoms with Crippen LogP contribution in [0.5, 0.6) is 5.75 Å². The van der Waals surface area contributed by atoms with Crippen molar-refractivity contribution in [3.05, 3.63) is 51.9 Å². The van der Waals surface area contributed by atoms with E-state index in [1.807, 2.05) is 18.2 Å². The minimum absolute atomic E-state index is 0.116. The predicted octanol–water partition coefficient (Wildman–Crippen LogP) is 4.68. The Morgan fingerprint density at radius 1 is 1.25 bits per heavy atom. The van der Waals surface area contributed by atoms with Crippen LogP contribution in [0.2, 0.25) is 10.2 Å². The van der Waals surface area contributed by atoms with Gasteiger partial charge in [-0.3, -0.25) is 0 Å². The first-order valence-corrected chi connectivity index (χ1v) is 7.22. The average Bonchev–Trinajstić information content (AvgIpc) is 2.86. The summed E-state index contributed by atoms with van der Waals surface area (Å²) in [6, 6.07) is 7.28. The summed E-state index contributed by atoms with van der Waals surface area (Å²) in [5, 5.41) is 4.48. The second-order valence-corrected chi connectivity index (χ2v) is 5.20. The summed E-state index contributed by atoms with van der Waals surface area (Å²) in [4.78, 5) is 0. The first kappa shape index (κ1) is 15.2. The second kappa shape index (κ2) is 7.02. The highest BCUT2D eigenvalue weighted by molar-refractivity contribution is 6.30. The van der Waals surface area contributed by atoms with E-state index >= 15 is 0 Å². The van der Waals surface area contributed by atoms with Gasteiger partial charge in [0, 0.05) is 16.1 Å². The van der Waals surface area contributed by atoms with Crippen LogP contribution in [0.4, 0.5) is 0 Å². The lowest BCUT2D eigenvalue weighted by molar-refractivity contribution is 0.403. The molecule has 1 unspecified atom stereocenters. The second-order valence-electron chi connectivity index (χ2n) is 4.42. The van der Waals surface area contributed by atoms with Gasteiger partial charge in [0.2, 0.25) is 0 Å². The van der Waals surface area contributed by atoms with Crippen molar-refractivity contribution in [2.24, 2.45) is 0 Å². The number of methoxy groups -OCH3 is 1. The van der Waals surface area contributed by atoms with Crippen LogP contribution in [-0.4, -0.2) is 13.7 Å². The number of hydrogen-bond donors (Lipinski definition) is 1. The molecule has 0 amide bonds. The Kier molecular flexibility index (Phi) is 5.35. The number of hydrogen-bond acceptors (Lipinski definition) is 3. The van der Waals surface area contributed by atoms with E-state index in [0.717, 1.165) is 29.8 Å². The Morgan fingerprint density at radius 2 is 2.05 bits per heavy atom. The van der Waals surface area contributed by atoms with Crippen LogP contribution < -0.4 is 10.1 Å². The molecule has 0 bridgehead atoms. The number of ether oxygens (including phenoxy) is 1. The topological polar surface area (TPSA) is 34.4 Å². The van der Waals surface area contributed by atoms with Crippen molar-refractivity contribution in [3.63, 3.8) is 0 Å². The summed E-state index contributed by atoms with van der Waals surface area (Å²) in [7, 11) is 1.64. The Bertz CT molecular complexity index is 569. The van der Waals surface area contributed by atoms with Crippen molar-refractivity contribution in [2.45, 2.75) is 19.4 Å². The van der Waals surface area contributed by atoms with E-state index in [1.165, 1.54) is 0 Å². The van der Waals surface area contributed by atoms with Crippen LogP contribution in [0.3, 0.4) is 0 Å². The van der Waals surface area contributed by atoms with E-state index in [0.29, 0.717) is 10.2 Å². The van der Waals surface area contributed by atoms with Gasteiger partial charge in [0.25, 0.3) is 0 Å². The van der Waals surface area contributed by atoms with Crippen LogP contribution in [0.25, 0.3) is 0 Å². The molecule has 108 valence electrons. The fraction of sp³-hybridized carbons (Fsp3) is 0.333. The van der Waals surface area contributed by atoms with Crippen LogP contribution in [0.15, 0.2) is 34.9 Å². The van der Waals surface area contributed by atoms with Crippen LogP contribution >= 0.6 is 23.2 Å². The van der Waals surface area contributed by atoms with Gasteiger partial charge in [-0.05, 0) is 48.8 Å². The molecule has 0 aliphatic rings. The van der Waals surface area contributed by atoms with Gasteiger partial charge in [0.15, 0.2) is 5.22 Å². The van der Waals surface area contributed by atoms with Crippen molar-refractivity contribution in [2.75, 3.05) is 13.7 Å². The van der Waals surface area contributed by atoms with Gasteiger partial charge < -0.3 is 14.5 Å². The first-order valence-electron chi connectivity index (χ1n) is 6.47. The van der Waals surface area contributed by atoms with Crippen LogP contribution in [-0.2, 0) is 0 Å². The molecule has 20 heavy (non-hydrogen) atoms. The smallest absolute Gasteiger partial charge is 0.198 e. The van der Waals surface area contributed by atoms with E-state index in [-0.39, 0.29) is 6.04 Å². The summed E-state index contributed by atoms with van der Waals surface area (Å²) in [5.74, 6) is 0.764. The summed E-state index contributed by atoms with van der Waals surface area (Å²) < 4.78 is 10.6. The molecule has 1 aromatic heterocycles. The van der Waals surface area contributed by atoms with Crippen molar-refractivity contribution in [1.29, 1.82) is 0 Å². The van der Waals surface area contributed by atoms with Gasteiger partial charge in [-0.25, -0.2) is 0 Å². The molecular formula is C15H17Cl2NO2. The third kappa shape index (κ3) is 3.29. The zero-order valence-corrected chi connectivity index (χ0v) is 13.0. The maximum absolute atomic E-state index is 6.12. The number of furan rings is 1. The zero-order chi connectivity index (χ0) is 14.5. The van der Waals surface area contributed by atoms with E-state index in [2.05, 4.69) is 12.2 Å². The fourth-order valence-corrected chi connectivity index (χ4v) is 2.52. The predicted molar refractivity (Wildman–Crippen MR) is 81.9 cm³/mol. The van der Waals surface area contributed by atoms with Crippen molar-refractivity contribution < 1.29 is 9.15 Å². The van der Waals surface area contributed by atoms with E-state index in [1.54, 1.807) is 19.4 Å². The van der Waals surface area contributed by atoms with E-state index in [9.17, 15) is 0 Å². The Labute approximate surface area is 128 Å². The highest BCUT2D eigenvalue weighted by atomic mass is 35.5. The van der Waals surface area contributed by atoms with Gasteiger partial charge >= 0.3 is 0 Å². The Balaban J connectivity index is 2.46. The maximum Gasteiger partial charge on any atom is 0.198 e. The summed E-state index contributed by atoms with van der Waals surface area (Å²) >= 11 is 12.2. The van der Waals surface area contributed by atoms with Gasteiger partial charge in [-0.2, -0.15) is 0 Å². The number of rotatable bonds is 6. The molecule has 2 rings (SSSR count). The molecule has 1 atom stereocenters. The van der Waals surface area contributed by atoms with Crippen molar-refractivity contribution >= 4 is 23.2 Å². The maximum atomic E-state index is 6.12. The molecule has 5 heteroatoms. The molecule has 0 fully saturated rings. The van der Waals surface area contributed by atoms with E-state index in [4.69, 9.17) is 32.4 Å². The average molecular weight is 314 g/mol. The van der Waals surface area contributed by atoms with Crippen LogP contribution in [0.1, 0.15) is 30.5 Å². The molecular weight excluding hydrogens is 297 g/mol. The Morgan fingerprint density at radius 3 is 2.65 bits per heavy atom. The zero-order valence-electron chi connectivity index (χ0n) is 11.5. The molecule has 1 aromatic carbocycles. The molecule has 1 heterocycles. The highest BCUT2D eigenvalue weighted by Crippen LogP contribution is 2.35. The summed E-state index contributed by atoms with van der Waals surface area (Å²) in [6.07, 6.45) is 2.59. The molecule has 2 aromatic rings.